The second kappa shape index (κ2) is 6.83. The summed E-state index contributed by atoms with van der Waals surface area (Å²) in [6.07, 6.45) is 2.23. The number of nitrogens with one attached hydrogen (secondary N) is 2. The van der Waals surface area contributed by atoms with Crippen LogP contribution in [0.2, 0.25) is 5.02 Å². The summed E-state index contributed by atoms with van der Waals surface area (Å²) in [6, 6.07) is 4.16. The summed E-state index contributed by atoms with van der Waals surface area (Å²) in [5.74, 6) is 0. The van der Waals surface area contributed by atoms with Crippen molar-refractivity contribution in [3.05, 3.63) is 33.3 Å². The molecule has 1 saturated heterocycles. The van der Waals surface area contributed by atoms with Crippen LogP contribution in [-0.4, -0.2) is 29.3 Å². The fraction of sp³-hybridized carbons (Fsp3) is 0.417. The molecule has 2 N–H and O–H groups in total. The third kappa shape index (κ3) is 4.03. The van der Waals surface area contributed by atoms with Crippen molar-refractivity contribution in [2.24, 2.45) is 0 Å². The van der Waals surface area contributed by atoms with E-state index in [2.05, 4.69) is 10.6 Å². The standard InChI is InChI=1S/C12H14ClN3O3S/c13-10-4-3-8(16(17)18)6-11(10)15-12(20)14-7-9-2-1-5-19-9/h3-4,6,9H,1-2,5,7H2,(H2,14,15,20)/t9-/m0/s1. The number of non-ortho nitro benzene ring substituents is 1. The Kier molecular flexibility index (Phi) is 5.11. The Bertz CT molecular complexity index is 521. The number of ether oxygens (including phenoxy) is 1. The van der Waals surface area contributed by atoms with E-state index in [9.17, 15) is 10.1 Å². The lowest BCUT2D eigenvalue weighted by Gasteiger charge is -2.14. The number of rotatable bonds is 4. The minimum atomic E-state index is -0.482. The molecule has 0 unspecified atom stereocenters. The predicted octanol–water partition coefficient (Wildman–Crippen LogP) is 2.71. The van der Waals surface area contributed by atoms with E-state index in [4.69, 9.17) is 28.6 Å². The first-order valence-electron chi connectivity index (χ1n) is 6.16. The van der Waals surface area contributed by atoms with Crippen LogP contribution in [0.25, 0.3) is 0 Å². The maximum atomic E-state index is 10.7. The molecule has 0 aromatic heterocycles. The molecule has 0 aliphatic carbocycles. The first kappa shape index (κ1) is 15.0. The quantitative estimate of drug-likeness (QED) is 0.505. The number of halogens is 1. The molecule has 6 nitrogen and oxygen atoms in total. The van der Waals surface area contributed by atoms with Gasteiger partial charge in [-0.05, 0) is 31.1 Å². The van der Waals surface area contributed by atoms with E-state index in [1.165, 1.54) is 18.2 Å². The highest BCUT2D eigenvalue weighted by molar-refractivity contribution is 7.80. The van der Waals surface area contributed by atoms with Crippen LogP contribution in [0.15, 0.2) is 18.2 Å². The maximum absolute atomic E-state index is 10.7. The van der Waals surface area contributed by atoms with Crippen LogP contribution in [0.4, 0.5) is 11.4 Å². The number of nitro benzene ring substituents is 1. The van der Waals surface area contributed by atoms with E-state index < -0.39 is 4.92 Å². The van der Waals surface area contributed by atoms with Gasteiger partial charge in [-0.25, -0.2) is 0 Å². The number of anilines is 1. The molecule has 2 rings (SSSR count). The zero-order valence-corrected chi connectivity index (χ0v) is 12.2. The monoisotopic (exact) mass is 315 g/mol. The minimum Gasteiger partial charge on any atom is -0.376 e. The van der Waals surface area contributed by atoms with Crippen molar-refractivity contribution in [1.29, 1.82) is 0 Å². The Balaban J connectivity index is 1.92. The van der Waals surface area contributed by atoms with Crippen molar-refractivity contribution in [2.45, 2.75) is 18.9 Å². The topological polar surface area (TPSA) is 76.4 Å². The molecule has 1 heterocycles. The number of nitrogens with zero attached hydrogens (tertiary/aromatic N) is 1. The van der Waals surface area contributed by atoms with Crippen molar-refractivity contribution in [2.75, 3.05) is 18.5 Å². The summed E-state index contributed by atoms with van der Waals surface area (Å²) < 4.78 is 5.46. The van der Waals surface area contributed by atoms with Gasteiger partial charge in [-0.2, -0.15) is 0 Å². The van der Waals surface area contributed by atoms with Gasteiger partial charge in [0.05, 0.1) is 21.7 Å². The molecular weight excluding hydrogens is 302 g/mol. The van der Waals surface area contributed by atoms with Crippen molar-refractivity contribution >= 4 is 40.3 Å². The third-order valence-electron chi connectivity index (χ3n) is 2.92. The van der Waals surface area contributed by atoms with Gasteiger partial charge in [-0.15, -0.1) is 0 Å². The van der Waals surface area contributed by atoms with Gasteiger partial charge in [0.15, 0.2) is 5.11 Å². The molecule has 0 spiro atoms. The summed E-state index contributed by atoms with van der Waals surface area (Å²) in [7, 11) is 0. The molecule has 1 aliphatic heterocycles. The summed E-state index contributed by atoms with van der Waals surface area (Å²) >= 11 is 11.1. The Morgan fingerprint density at radius 1 is 1.60 bits per heavy atom. The Morgan fingerprint density at radius 2 is 2.40 bits per heavy atom. The minimum absolute atomic E-state index is 0.0428. The Labute approximate surface area is 126 Å². The second-order valence-electron chi connectivity index (χ2n) is 4.39. The second-order valence-corrected chi connectivity index (χ2v) is 5.21. The van der Waals surface area contributed by atoms with Crippen LogP contribution in [-0.2, 0) is 4.74 Å². The molecule has 108 valence electrons. The molecular formula is C12H14ClN3O3S. The predicted molar refractivity (Wildman–Crippen MR) is 81.3 cm³/mol. The van der Waals surface area contributed by atoms with Crippen LogP contribution in [0.1, 0.15) is 12.8 Å². The average molecular weight is 316 g/mol. The van der Waals surface area contributed by atoms with E-state index in [0.29, 0.717) is 22.4 Å². The van der Waals surface area contributed by atoms with Gasteiger partial charge in [0.2, 0.25) is 0 Å². The zero-order chi connectivity index (χ0) is 14.5. The van der Waals surface area contributed by atoms with Gasteiger partial charge >= 0.3 is 0 Å². The van der Waals surface area contributed by atoms with Crippen LogP contribution < -0.4 is 10.6 Å². The molecule has 1 atom stereocenters. The molecule has 1 aromatic carbocycles. The first-order valence-corrected chi connectivity index (χ1v) is 6.95. The molecule has 0 radical (unpaired) electrons. The maximum Gasteiger partial charge on any atom is 0.271 e. The van der Waals surface area contributed by atoms with Gasteiger partial charge < -0.3 is 15.4 Å². The van der Waals surface area contributed by atoms with Crippen molar-refractivity contribution < 1.29 is 9.66 Å². The average Bonchev–Trinajstić information content (AvgIpc) is 2.92. The largest absolute Gasteiger partial charge is 0.376 e. The lowest BCUT2D eigenvalue weighted by Crippen LogP contribution is -2.34. The molecule has 0 amide bonds. The summed E-state index contributed by atoms with van der Waals surface area (Å²) in [6.45, 7) is 1.39. The van der Waals surface area contributed by atoms with Crippen molar-refractivity contribution in [1.82, 2.24) is 5.32 Å². The van der Waals surface area contributed by atoms with Crippen LogP contribution >= 0.6 is 23.8 Å². The molecule has 20 heavy (non-hydrogen) atoms. The fourth-order valence-corrected chi connectivity index (χ4v) is 2.26. The summed E-state index contributed by atoms with van der Waals surface area (Å²) in [5, 5.41) is 17.3. The third-order valence-corrected chi connectivity index (χ3v) is 3.50. The van der Waals surface area contributed by atoms with Gasteiger partial charge in [0.25, 0.3) is 5.69 Å². The Hall–Kier alpha value is -1.44. The highest BCUT2D eigenvalue weighted by Gasteiger charge is 2.16. The zero-order valence-electron chi connectivity index (χ0n) is 10.6. The number of hydrogen-bond donors (Lipinski definition) is 2. The van der Waals surface area contributed by atoms with E-state index in [0.717, 1.165) is 19.4 Å². The van der Waals surface area contributed by atoms with Crippen LogP contribution in [0.5, 0.6) is 0 Å². The first-order chi connectivity index (χ1) is 9.56. The molecule has 0 saturated carbocycles. The smallest absolute Gasteiger partial charge is 0.271 e. The SMILES string of the molecule is O=[N+]([O-])c1ccc(Cl)c(NC(=S)NC[C@@H]2CCCO2)c1. The van der Waals surface area contributed by atoms with Crippen molar-refractivity contribution in [3.63, 3.8) is 0 Å². The fourth-order valence-electron chi connectivity index (χ4n) is 1.90. The van der Waals surface area contributed by atoms with Gasteiger partial charge in [-0.3, -0.25) is 10.1 Å². The number of thiocarbonyl (C=S) groups is 1. The normalized spacial score (nSPS) is 17.8. The van der Waals surface area contributed by atoms with E-state index in [1.807, 2.05) is 0 Å². The lowest BCUT2D eigenvalue weighted by atomic mass is 10.2. The van der Waals surface area contributed by atoms with Gasteiger partial charge in [0, 0.05) is 25.3 Å². The Morgan fingerprint density at radius 3 is 3.05 bits per heavy atom. The van der Waals surface area contributed by atoms with Crippen LogP contribution in [0.3, 0.4) is 0 Å². The molecule has 0 bridgehead atoms. The number of benzene rings is 1. The highest BCUT2D eigenvalue weighted by Crippen LogP contribution is 2.26. The van der Waals surface area contributed by atoms with Gasteiger partial charge in [-0.1, -0.05) is 11.6 Å². The van der Waals surface area contributed by atoms with Gasteiger partial charge in [0.1, 0.15) is 0 Å². The highest BCUT2D eigenvalue weighted by atomic mass is 35.5. The molecule has 1 fully saturated rings. The van der Waals surface area contributed by atoms with Crippen molar-refractivity contribution in [3.8, 4) is 0 Å². The van der Waals surface area contributed by atoms with E-state index >= 15 is 0 Å². The molecule has 1 aromatic rings. The summed E-state index contributed by atoms with van der Waals surface area (Å²) in [5.41, 5.74) is 0.365. The lowest BCUT2D eigenvalue weighted by molar-refractivity contribution is -0.384. The summed E-state index contributed by atoms with van der Waals surface area (Å²) in [4.78, 5) is 10.2. The molecule has 1 aliphatic rings. The van der Waals surface area contributed by atoms with E-state index in [1.54, 1.807) is 0 Å². The van der Waals surface area contributed by atoms with Crippen LogP contribution in [0, 0.1) is 10.1 Å². The molecule has 8 heteroatoms. The number of hydrogen-bond acceptors (Lipinski definition) is 4. The number of nitro groups is 1. The van der Waals surface area contributed by atoms with E-state index in [-0.39, 0.29) is 11.8 Å².